The number of nitrogens with zero attached hydrogens (tertiary/aromatic N) is 1. The van der Waals surface area contributed by atoms with E-state index in [0.29, 0.717) is 6.54 Å². The molecular formula is C25H20N4O2. The van der Waals surface area contributed by atoms with Crippen LogP contribution in [0.25, 0.3) is 22.0 Å². The van der Waals surface area contributed by atoms with E-state index in [-0.39, 0.29) is 6.79 Å². The maximum absolute atomic E-state index is 5.46. The van der Waals surface area contributed by atoms with Crippen LogP contribution in [0.4, 0.5) is 17.2 Å². The normalized spacial score (nSPS) is 12.4. The molecule has 0 amide bonds. The molecule has 3 aliphatic rings. The molecule has 2 aliphatic heterocycles. The van der Waals surface area contributed by atoms with Crippen LogP contribution in [0.3, 0.4) is 0 Å². The highest BCUT2D eigenvalue weighted by Gasteiger charge is 2.15. The van der Waals surface area contributed by atoms with Crippen molar-refractivity contribution < 1.29 is 9.47 Å². The zero-order valence-electron chi connectivity index (χ0n) is 16.7. The van der Waals surface area contributed by atoms with E-state index in [1.165, 1.54) is 10.8 Å². The predicted molar refractivity (Wildman–Crippen MR) is 122 cm³/mol. The number of aromatic nitrogens is 2. The molecule has 31 heavy (non-hydrogen) atoms. The van der Waals surface area contributed by atoms with Crippen molar-refractivity contribution in [3.8, 4) is 22.8 Å². The lowest BCUT2D eigenvalue weighted by Crippen LogP contribution is -2.01. The Morgan fingerprint density at radius 2 is 1.77 bits per heavy atom. The van der Waals surface area contributed by atoms with E-state index in [9.17, 15) is 0 Å². The summed E-state index contributed by atoms with van der Waals surface area (Å²) >= 11 is 0. The zero-order chi connectivity index (χ0) is 20.6. The predicted octanol–water partition coefficient (Wildman–Crippen LogP) is 5.75. The number of rotatable bonds is 5. The van der Waals surface area contributed by atoms with E-state index >= 15 is 0 Å². The van der Waals surface area contributed by atoms with Crippen molar-refractivity contribution in [3.63, 3.8) is 0 Å². The van der Waals surface area contributed by atoms with Crippen LogP contribution < -0.4 is 20.1 Å². The summed E-state index contributed by atoms with van der Waals surface area (Å²) in [7, 11) is 0. The smallest absolute Gasteiger partial charge is 0.231 e. The topological polar surface area (TPSA) is 71.2 Å². The average molecular weight is 408 g/mol. The quantitative estimate of drug-likeness (QED) is 0.345. The third-order valence-electron chi connectivity index (χ3n) is 5.52. The van der Waals surface area contributed by atoms with Gasteiger partial charge in [-0.2, -0.15) is 0 Å². The number of hydrogen-bond acceptors (Lipinski definition) is 5. The SMILES string of the molecule is c1cc(NCc2ccc3c(c2)OCO3)cc(Nc2nc[nH]c3c4ccccc4cc2-3)c1. The minimum absolute atomic E-state index is 0.289. The molecule has 0 saturated carbocycles. The van der Waals surface area contributed by atoms with Crippen molar-refractivity contribution in [3.05, 3.63) is 84.7 Å². The van der Waals surface area contributed by atoms with Gasteiger partial charge in [0, 0.05) is 28.9 Å². The van der Waals surface area contributed by atoms with E-state index in [1.807, 2.05) is 30.3 Å². The summed E-state index contributed by atoms with van der Waals surface area (Å²) in [6.07, 6.45) is 1.73. The summed E-state index contributed by atoms with van der Waals surface area (Å²) in [6, 6.07) is 24.7. The Morgan fingerprint density at radius 1 is 0.871 bits per heavy atom. The van der Waals surface area contributed by atoms with Gasteiger partial charge in [-0.05, 0) is 47.3 Å². The lowest BCUT2D eigenvalue weighted by molar-refractivity contribution is 0.174. The molecular weight excluding hydrogens is 388 g/mol. The molecule has 3 aromatic rings. The van der Waals surface area contributed by atoms with E-state index in [4.69, 9.17) is 9.47 Å². The number of hydrogen-bond donors (Lipinski definition) is 3. The van der Waals surface area contributed by atoms with Crippen LogP contribution >= 0.6 is 0 Å². The van der Waals surface area contributed by atoms with Gasteiger partial charge in [-0.25, -0.2) is 4.98 Å². The first-order valence-corrected chi connectivity index (χ1v) is 10.2. The number of nitrogens with one attached hydrogen (secondary N) is 3. The Hall–Kier alpha value is -4.19. The van der Waals surface area contributed by atoms with Crippen molar-refractivity contribution in [2.45, 2.75) is 6.54 Å². The summed E-state index contributed by atoms with van der Waals surface area (Å²) in [5, 5.41) is 9.34. The van der Waals surface area contributed by atoms with Crippen molar-refractivity contribution in [2.24, 2.45) is 0 Å². The van der Waals surface area contributed by atoms with Crippen LogP contribution in [-0.4, -0.2) is 16.8 Å². The first kappa shape index (κ1) is 17.7. The molecule has 3 aromatic carbocycles. The second-order valence-electron chi connectivity index (χ2n) is 7.52. The highest BCUT2D eigenvalue weighted by Crippen LogP contribution is 2.37. The van der Waals surface area contributed by atoms with Crippen molar-refractivity contribution >= 4 is 28.0 Å². The molecule has 0 saturated heterocycles. The second kappa shape index (κ2) is 7.25. The molecule has 2 heterocycles. The number of aromatic amines is 1. The standard InChI is InChI=1S/C25H20N4O2/c1-2-7-20-17(4-1)11-21-24(20)27-14-28-25(21)29-19-6-3-5-18(12-19)26-13-16-8-9-22-23(10-16)31-15-30-22/h1-12,14,26,29H,13,15H2,(H,27,28). The van der Waals surface area contributed by atoms with Crippen LogP contribution in [0.15, 0.2) is 79.1 Å². The van der Waals surface area contributed by atoms with Gasteiger partial charge in [-0.15, -0.1) is 0 Å². The zero-order valence-corrected chi connectivity index (χ0v) is 16.7. The van der Waals surface area contributed by atoms with Gasteiger partial charge >= 0.3 is 0 Å². The lowest BCUT2D eigenvalue weighted by atomic mass is 10.2. The number of ether oxygens (including phenoxy) is 2. The second-order valence-corrected chi connectivity index (χ2v) is 7.52. The van der Waals surface area contributed by atoms with Gasteiger partial charge in [0.15, 0.2) is 11.5 Å². The first-order valence-electron chi connectivity index (χ1n) is 10.2. The maximum atomic E-state index is 5.46. The fourth-order valence-electron chi connectivity index (χ4n) is 3.99. The van der Waals surface area contributed by atoms with Crippen LogP contribution in [0, 0.1) is 0 Å². The summed E-state index contributed by atoms with van der Waals surface area (Å²) in [6.45, 7) is 0.981. The van der Waals surface area contributed by atoms with Gasteiger partial charge < -0.3 is 25.1 Å². The van der Waals surface area contributed by atoms with E-state index < -0.39 is 0 Å². The van der Waals surface area contributed by atoms with E-state index in [2.05, 4.69) is 63.1 Å². The van der Waals surface area contributed by atoms with Gasteiger partial charge in [0.25, 0.3) is 0 Å². The Balaban J connectivity index is 1.22. The van der Waals surface area contributed by atoms with Crippen LogP contribution in [-0.2, 0) is 6.54 Å². The highest BCUT2D eigenvalue weighted by atomic mass is 16.7. The van der Waals surface area contributed by atoms with Crippen LogP contribution in [0.5, 0.6) is 11.5 Å². The van der Waals surface area contributed by atoms with Crippen LogP contribution in [0.1, 0.15) is 5.56 Å². The van der Waals surface area contributed by atoms with Crippen LogP contribution in [0.2, 0.25) is 0 Å². The minimum atomic E-state index is 0.289. The molecule has 0 aromatic heterocycles. The van der Waals surface area contributed by atoms with Crippen molar-refractivity contribution in [1.82, 2.24) is 9.97 Å². The number of benzene rings is 3. The molecule has 152 valence electrons. The van der Waals surface area contributed by atoms with Gasteiger partial charge in [0.1, 0.15) is 5.82 Å². The molecule has 1 aliphatic carbocycles. The fourth-order valence-corrected chi connectivity index (χ4v) is 3.99. The summed E-state index contributed by atoms with van der Waals surface area (Å²) in [5.74, 6) is 2.43. The molecule has 3 N–H and O–H groups in total. The third kappa shape index (κ3) is 3.28. The molecule has 0 fully saturated rings. The largest absolute Gasteiger partial charge is 0.454 e. The Morgan fingerprint density at radius 3 is 2.77 bits per heavy atom. The highest BCUT2D eigenvalue weighted by molar-refractivity contribution is 6.03. The third-order valence-corrected chi connectivity index (χ3v) is 5.52. The molecule has 6 nitrogen and oxygen atoms in total. The monoisotopic (exact) mass is 408 g/mol. The van der Waals surface area contributed by atoms with Gasteiger partial charge in [-0.1, -0.05) is 36.4 Å². The number of H-pyrrole nitrogens is 1. The molecule has 0 radical (unpaired) electrons. The molecule has 6 rings (SSSR count). The fraction of sp³-hybridized carbons (Fsp3) is 0.0800. The van der Waals surface area contributed by atoms with Crippen molar-refractivity contribution in [2.75, 3.05) is 17.4 Å². The van der Waals surface area contributed by atoms with Crippen molar-refractivity contribution in [1.29, 1.82) is 0 Å². The summed E-state index contributed by atoms with van der Waals surface area (Å²) in [4.78, 5) is 7.83. The van der Waals surface area contributed by atoms with Gasteiger partial charge in [0.2, 0.25) is 6.79 Å². The number of anilines is 3. The summed E-state index contributed by atoms with van der Waals surface area (Å²) in [5.41, 5.74) is 5.29. The Kier molecular flexibility index (Phi) is 4.13. The average Bonchev–Trinajstić information content (AvgIpc) is 3.43. The molecule has 0 spiro atoms. The van der Waals surface area contributed by atoms with Gasteiger partial charge in [0.05, 0.1) is 12.0 Å². The minimum Gasteiger partial charge on any atom is -0.454 e. The maximum Gasteiger partial charge on any atom is 0.231 e. The molecule has 0 atom stereocenters. The van der Waals surface area contributed by atoms with Gasteiger partial charge in [-0.3, -0.25) is 0 Å². The number of fused-ring (bicyclic) bond motifs is 4. The molecule has 6 heteroatoms. The molecule has 0 unspecified atom stereocenters. The summed E-state index contributed by atoms with van der Waals surface area (Å²) < 4.78 is 10.8. The Bertz CT molecular complexity index is 1360. The van der Waals surface area contributed by atoms with E-state index in [0.717, 1.165) is 45.5 Å². The van der Waals surface area contributed by atoms with E-state index in [1.54, 1.807) is 6.33 Å². The molecule has 0 bridgehead atoms. The lowest BCUT2D eigenvalue weighted by Gasteiger charge is -2.12. The Labute approximate surface area is 179 Å². The first-order chi connectivity index (χ1) is 15.3.